The Morgan fingerprint density at radius 2 is 1.91 bits per heavy atom. The topological polar surface area (TPSA) is 55.5 Å². The van der Waals surface area contributed by atoms with E-state index < -0.39 is 0 Å². The van der Waals surface area contributed by atoms with Crippen molar-refractivity contribution in [2.24, 2.45) is 0 Å². The van der Waals surface area contributed by atoms with Gasteiger partial charge in [-0.15, -0.1) is 0 Å². The minimum atomic E-state index is 0.339. The molecule has 0 amide bonds. The molecule has 0 bridgehead atoms. The van der Waals surface area contributed by atoms with Crippen LogP contribution in [0.5, 0.6) is 17.2 Å². The predicted molar refractivity (Wildman–Crippen MR) is 89.9 cm³/mol. The van der Waals surface area contributed by atoms with E-state index in [4.69, 9.17) is 10.5 Å². The van der Waals surface area contributed by atoms with Crippen LogP contribution in [0.15, 0.2) is 18.2 Å². The van der Waals surface area contributed by atoms with Crippen LogP contribution in [0.4, 0.5) is 5.69 Å². The lowest BCUT2D eigenvalue weighted by Gasteiger charge is -2.18. The number of hydrogen-bond acceptors (Lipinski definition) is 3. The Balaban J connectivity index is 2.07. The van der Waals surface area contributed by atoms with Gasteiger partial charge in [0, 0.05) is 16.8 Å². The Morgan fingerprint density at radius 3 is 2.64 bits per heavy atom. The van der Waals surface area contributed by atoms with Crippen molar-refractivity contribution in [3.63, 3.8) is 0 Å². The molecule has 1 aliphatic rings. The van der Waals surface area contributed by atoms with E-state index in [1.54, 1.807) is 6.07 Å². The second kappa shape index (κ2) is 5.56. The molecule has 1 aliphatic carbocycles. The molecule has 0 spiro atoms. The zero-order valence-corrected chi connectivity index (χ0v) is 13.5. The molecule has 2 aromatic carbocycles. The van der Waals surface area contributed by atoms with Gasteiger partial charge >= 0.3 is 0 Å². The summed E-state index contributed by atoms with van der Waals surface area (Å²) in [5.74, 6) is 2.10. The van der Waals surface area contributed by atoms with Crippen molar-refractivity contribution >= 4 is 5.69 Å². The van der Waals surface area contributed by atoms with Gasteiger partial charge in [0.1, 0.15) is 17.2 Å². The minimum absolute atomic E-state index is 0.339. The van der Waals surface area contributed by atoms with Gasteiger partial charge < -0.3 is 15.6 Å². The zero-order chi connectivity index (χ0) is 15.9. The summed E-state index contributed by atoms with van der Waals surface area (Å²) >= 11 is 0. The van der Waals surface area contributed by atoms with Crippen molar-refractivity contribution in [3.05, 3.63) is 46.0 Å². The average Bonchev–Trinajstić information content (AvgIpc) is 2.96. The number of nitrogen functional groups attached to an aromatic ring is 1. The number of hydrogen-bond donors (Lipinski definition) is 2. The van der Waals surface area contributed by atoms with E-state index in [2.05, 4.69) is 0 Å². The van der Waals surface area contributed by atoms with Crippen LogP contribution in [0.25, 0.3) is 0 Å². The Bertz CT molecular complexity index is 735. The van der Waals surface area contributed by atoms with Crippen molar-refractivity contribution in [2.45, 2.75) is 46.5 Å². The molecule has 0 aliphatic heterocycles. The molecule has 0 atom stereocenters. The summed E-state index contributed by atoms with van der Waals surface area (Å²) in [6.07, 6.45) is 3.97. The van der Waals surface area contributed by atoms with Crippen molar-refractivity contribution in [3.8, 4) is 17.2 Å². The quantitative estimate of drug-likeness (QED) is 0.824. The highest BCUT2D eigenvalue weighted by Gasteiger charge is 2.22. The maximum Gasteiger partial charge on any atom is 0.133 e. The number of phenols is 1. The van der Waals surface area contributed by atoms with Gasteiger partial charge in [0.05, 0.1) is 0 Å². The molecule has 0 aromatic heterocycles. The highest BCUT2D eigenvalue weighted by Crippen LogP contribution is 2.41. The summed E-state index contributed by atoms with van der Waals surface area (Å²) in [6, 6.07) is 5.57. The van der Waals surface area contributed by atoms with E-state index in [9.17, 15) is 5.11 Å². The number of rotatable bonds is 3. The lowest BCUT2D eigenvalue weighted by atomic mass is 10.0. The van der Waals surface area contributed by atoms with E-state index in [-0.39, 0.29) is 0 Å². The molecule has 0 saturated heterocycles. The van der Waals surface area contributed by atoms with Crippen LogP contribution in [0.3, 0.4) is 0 Å². The van der Waals surface area contributed by atoms with Crippen LogP contribution >= 0.6 is 0 Å². The van der Waals surface area contributed by atoms with Gasteiger partial charge in [-0.1, -0.05) is 6.92 Å². The number of aromatic hydroxyl groups is 1. The van der Waals surface area contributed by atoms with Gasteiger partial charge in [0.25, 0.3) is 0 Å². The predicted octanol–water partition coefficient (Wildman–Crippen LogP) is 4.43. The van der Waals surface area contributed by atoms with Crippen LogP contribution in [-0.4, -0.2) is 5.11 Å². The fourth-order valence-electron chi connectivity index (χ4n) is 3.47. The molecule has 3 nitrogen and oxygen atoms in total. The second-order valence-corrected chi connectivity index (χ2v) is 6.06. The first kappa shape index (κ1) is 14.8. The molecule has 2 aromatic rings. The number of benzene rings is 2. The summed E-state index contributed by atoms with van der Waals surface area (Å²) in [7, 11) is 0. The number of phenolic OH excluding ortho intramolecular Hbond substituents is 1. The third-order valence-electron chi connectivity index (χ3n) is 4.66. The molecule has 3 N–H and O–H groups in total. The third-order valence-corrected chi connectivity index (χ3v) is 4.66. The molecule has 0 heterocycles. The SMILES string of the molecule is CCc1c(O)ccc(Oc2c(C)cc(N)c3c2CCC3)c1C. The normalized spacial score (nSPS) is 13.2. The standard InChI is InChI=1S/C19H23NO2/c1-4-13-12(3)18(9-8-17(13)21)22-19-11(2)10-16(20)14-6-5-7-15(14)19/h8-10,21H,4-7,20H2,1-3H3. The summed E-state index contributed by atoms with van der Waals surface area (Å²) < 4.78 is 6.27. The monoisotopic (exact) mass is 297 g/mol. The fourth-order valence-corrected chi connectivity index (χ4v) is 3.47. The van der Waals surface area contributed by atoms with E-state index >= 15 is 0 Å². The van der Waals surface area contributed by atoms with Crippen molar-refractivity contribution < 1.29 is 9.84 Å². The first-order valence-corrected chi connectivity index (χ1v) is 7.93. The van der Waals surface area contributed by atoms with Crippen LogP contribution in [0.2, 0.25) is 0 Å². The Hall–Kier alpha value is -2.16. The first-order chi connectivity index (χ1) is 10.5. The average molecular weight is 297 g/mol. The smallest absolute Gasteiger partial charge is 0.133 e. The largest absolute Gasteiger partial charge is 0.508 e. The van der Waals surface area contributed by atoms with Gasteiger partial charge in [-0.05, 0) is 74.4 Å². The Morgan fingerprint density at radius 1 is 1.18 bits per heavy atom. The molecule has 116 valence electrons. The number of aryl methyl sites for hydroxylation is 1. The van der Waals surface area contributed by atoms with Crippen LogP contribution in [0.1, 0.15) is 41.2 Å². The lowest BCUT2D eigenvalue weighted by molar-refractivity contribution is 0.452. The number of nitrogens with two attached hydrogens (primary N) is 1. The summed E-state index contributed by atoms with van der Waals surface area (Å²) in [5, 5.41) is 9.96. The van der Waals surface area contributed by atoms with E-state index in [1.807, 2.05) is 32.9 Å². The molecule has 0 fully saturated rings. The number of fused-ring (bicyclic) bond motifs is 1. The van der Waals surface area contributed by atoms with Crippen molar-refractivity contribution in [1.82, 2.24) is 0 Å². The molecule has 0 unspecified atom stereocenters. The van der Waals surface area contributed by atoms with E-state index in [0.29, 0.717) is 5.75 Å². The van der Waals surface area contributed by atoms with Crippen molar-refractivity contribution in [1.29, 1.82) is 0 Å². The summed E-state index contributed by atoms with van der Waals surface area (Å²) in [5.41, 5.74) is 12.5. The first-order valence-electron chi connectivity index (χ1n) is 7.93. The lowest BCUT2D eigenvalue weighted by Crippen LogP contribution is -2.01. The zero-order valence-electron chi connectivity index (χ0n) is 13.5. The van der Waals surface area contributed by atoms with Gasteiger partial charge in [-0.25, -0.2) is 0 Å². The van der Waals surface area contributed by atoms with Crippen LogP contribution in [0, 0.1) is 13.8 Å². The maximum absolute atomic E-state index is 9.96. The third kappa shape index (κ3) is 2.31. The van der Waals surface area contributed by atoms with E-state index in [0.717, 1.165) is 59.6 Å². The minimum Gasteiger partial charge on any atom is -0.508 e. The van der Waals surface area contributed by atoms with Gasteiger partial charge in [0.2, 0.25) is 0 Å². The molecule has 0 saturated carbocycles. The highest BCUT2D eigenvalue weighted by molar-refractivity contribution is 5.63. The Kier molecular flexibility index (Phi) is 3.73. The van der Waals surface area contributed by atoms with Crippen molar-refractivity contribution in [2.75, 3.05) is 5.73 Å². The van der Waals surface area contributed by atoms with Gasteiger partial charge in [-0.2, -0.15) is 0 Å². The second-order valence-electron chi connectivity index (χ2n) is 6.06. The fraction of sp³-hybridized carbons (Fsp3) is 0.368. The number of ether oxygens (including phenoxy) is 1. The maximum atomic E-state index is 9.96. The van der Waals surface area contributed by atoms with Gasteiger partial charge in [-0.3, -0.25) is 0 Å². The Labute approximate surface area is 131 Å². The number of anilines is 1. The molecular weight excluding hydrogens is 274 g/mol. The molecule has 3 heteroatoms. The van der Waals surface area contributed by atoms with Crippen LogP contribution < -0.4 is 10.5 Å². The molecule has 3 rings (SSSR count). The molecular formula is C19H23NO2. The molecule has 0 radical (unpaired) electrons. The van der Waals surface area contributed by atoms with Crippen LogP contribution in [-0.2, 0) is 19.3 Å². The highest BCUT2D eigenvalue weighted by atomic mass is 16.5. The summed E-state index contributed by atoms with van der Waals surface area (Å²) in [4.78, 5) is 0. The van der Waals surface area contributed by atoms with Gasteiger partial charge in [0.15, 0.2) is 0 Å². The molecule has 22 heavy (non-hydrogen) atoms. The summed E-state index contributed by atoms with van der Waals surface area (Å²) in [6.45, 7) is 6.08. The van der Waals surface area contributed by atoms with E-state index in [1.165, 1.54) is 11.1 Å².